The Kier molecular flexibility index (Phi) is 4.63. The molecule has 3 nitrogen and oxygen atoms in total. The maximum absolute atomic E-state index is 13.5. The Morgan fingerprint density at radius 1 is 1.37 bits per heavy atom. The summed E-state index contributed by atoms with van der Waals surface area (Å²) >= 11 is 1.82. The smallest absolute Gasteiger partial charge is 0.254 e. The van der Waals surface area contributed by atoms with Crippen molar-refractivity contribution in [2.24, 2.45) is 0 Å². The highest BCUT2D eigenvalue weighted by atomic mass is 32.2. The summed E-state index contributed by atoms with van der Waals surface area (Å²) in [5.74, 6) is -1.19. The number of carbonyl (C=O) groups excluding carboxylic acids is 1. The molecule has 6 heteroatoms. The molecule has 1 aliphatic heterocycles. The lowest BCUT2D eigenvalue weighted by atomic mass is 10.1. The van der Waals surface area contributed by atoms with Gasteiger partial charge in [0.05, 0.1) is 11.3 Å². The highest BCUT2D eigenvalue weighted by Crippen LogP contribution is 2.24. The summed E-state index contributed by atoms with van der Waals surface area (Å²) in [7, 11) is 0. The van der Waals surface area contributed by atoms with Crippen molar-refractivity contribution in [2.45, 2.75) is 24.5 Å². The van der Waals surface area contributed by atoms with Crippen LogP contribution in [0, 0.1) is 11.6 Å². The highest BCUT2D eigenvalue weighted by Gasteiger charge is 2.18. The number of hydrogen-bond donors (Lipinski definition) is 2. The Morgan fingerprint density at radius 3 is 2.84 bits per heavy atom. The summed E-state index contributed by atoms with van der Waals surface area (Å²) < 4.78 is 26.5. The van der Waals surface area contributed by atoms with Gasteiger partial charge in [0.25, 0.3) is 5.91 Å². The number of amides is 1. The quantitative estimate of drug-likeness (QED) is 0.840. The van der Waals surface area contributed by atoms with Gasteiger partial charge in [-0.15, -0.1) is 0 Å². The van der Waals surface area contributed by atoms with Gasteiger partial charge in [0.1, 0.15) is 11.6 Å². The van der Waals surface area contributed by atoms with E-state index < -0.39 is 17.5 Å². The third-order valence-corrected chi connectivity index (χ3v) is 4.49. The minimum absolute atomic E-state index is 0.209. The zero-order chi connectivity index (χ0) is 13.8. The van der Waals surface area contributed by atoms with Gasteiger partial charge >= 0.3 is 0 Å². The van der Waals surface area contributed by atoms with E-state index >= 15 is 0 Å². The molecule has 1 heterocycles. The Bertz CT molecular complexity index is 476. The first-order chi connectivity index (χ1) is 9.08. The number of thioether (sulfide) groups is 1. The number of hydrogen-bond acceptors (Lipinski definition) is 3. The molecular weight excluding hydrogens is 270 g/mol. The van der Waals surface area contributed by atoms with Crippen LogP contribution in [0.2, 0.25) is 0 Å². The van der Waals surface area contributed by atoms with Crippen molar-refractivity contribution >= 4 is 23.4 Å². The molecule has 0 spiro atoms. The molecule has 1 aromatic carbocycles. The monoisotopic (exact) mass is 286 g/mol. The predicted octanol–water partition coefficient (Wildman–Crippen LogP) is 2.56. The SMILES string of the molecule is Nc1cc(C(=O)NCC2CCCCS2)c(F)cc1F. The molecule has 3 N–H and O–H groups in total. The molecule has 19 heavy (non-hydrogen) atoms. The number of benzene rings is 1. The highest BCUT2D eigenvalue weighted by molar-refractivity contribution is 7.99. The van der Waals surface area contributed by atoms with Gasteiger partial charge in [0.2, 0.25) is 0 Å². The summed E-state index contributed by atoms with van der Waals surface area (Å²) in [5, 5.41) is 3.05. The molecule has 1 fully saturated rings. The van der Waals surface area contributed by atoms with Crippen LogP contribution < -0.4 is 11.1 Å². The van der Waals surface area contributed by atoms with E-state index in [1.807, 2.05) is 11.8 Å². The maximum atomic E-state index is 13.5. The predicted molar refractivity (Wildman–Crippen MR) is 73.2 cm³/mol. The van der Waals surface area contributed by atoms with Crippen LogP contribution in [0.5, 0.6) is 0 Å². The molecular formula is C13H16F2N2OS. The topological polar surface area (TPSA) is 55.1 Å². The van der Waals surface area contributed by atoms with E-state index in [1.54, 1.807) is 0 Å². The number of nitrogen functional groups attached to an aromatic ring is 1. The maximum Gasteiger partial charge on any atom is 0.254 e. The third-order valence-electron chi connectivity index (χ3n) is 3.10. The Morgan fingerprint density at radius 2 is 2.16 bits per heavy atom. The third kappa shape index (κ3) is 3.59. The van der Waals surface area contributed by atoms with E-state index in [1.165, 1.54) is 6.42 Å². The molecule has 1 atom stereocenters. The zero-order valence-electron chi connectivity index (χ0n) is 10.4. The normalized spacial score (nSPS) is 19.2. The lowest BCUT2D eigenvalue weighted by Crippen LogP contribution is -2.32. The number of nitrogens with one attached hydrogen (secondary N) is 1. The fourth-order valence-electron chi connectivity index (χ4n) is 2.01. The molecule has 0 radical (unpaired) electrons. The van der Waals surface area contributed by atoms with Crippen molar-refractivity contribution in [1.82, 2.24) is 5.32 Å². The fourth-order valence-corrected chi connectivity index (χ4v) is 3.25. The number of nitrogens with two attached hydrogens (primary N) is 1. The van der Waals surface area contributed by atoms with Gasteiger partial charge in [0, 0.05) is 17.9 Å². The van der Waals surface area contributed by atoms with Crippen LogP contribution in [0.3, 0.4) is 0 Å². The molecule has 104 valence electrons. The molecule has 0 bridgehead atoms. The van der Waals surface area contributed by atoms with E-state index in [0.29, 0.717) is 17.9 Å². The average molecular weight is 286 g/mol. The van der Waals surface area contributed by atoms with Crippen molar-refractivity contribution in [3.8, 4) is 0 Å². The standard InChI is InChI=1S/C13H16F2N2OS/c14-10-6-11(15)12(16)5-9(10)13(18)17-7-8-3-1-2-4-19-8/h5-6,8H,1-4,7,16H2,(H,17,18). The summed E-state index contributed by atoms with van der Waals surface area (Å²) in [6.45, 7) is 0.500. The molecule has 0 saturated carbocycles. The molecule has 2 rings (SSSR count). The lowest BCUT2D eigenvalue weighted by Gasteiger charge is -2.21. The van der Waals surface area contributed by atoms with Crippen LogP contribution in [0.4, 0.5) is 14.5 Å². The summed E-state index contributed by atoms with van der Waals surface area (Å²) in [6, 6.07) is 1.67. The lowest BCUT2D eigenvalue weighted by molar-refractivity contribution is 0.0949. The average Bonchev–Trinajstić information content (AvgIpc) is 2.41. The minimum Gasteiger partial charge on any atom is -0.396 e. The first-order valence-corrected chi connectivity index (χ1v) is 7.27. The first-order valence-electron chi connectivity index (χ1n) is 6.22. The van der Waals surface area contributed by atoms with Crippen LogP contribution in [0.15, 0.2) is 12.1 Å². The van der Waals surface area contributed by atoms with Gasteiger partial charge in [-0.1, -0.05) is 6.42 Å². The van der Waals surface area contributed by atoms with Gasteiger partial charge in [-0.2, -0.15) is 11.8 Å². The van der Waals surface area contributed by atoms with Gasteiger partial charge < -0.3 is 11.1 Å². The van der Waals surface area contributed by atoms with Gasteiger partial charge in [-0.3, -0.25) is 4.79 Å². The number of carbonyl (C=O) groups is 1. The van der Waals surface area contributed by atoms with Crippen LogP contribution in [0.25, 0.3) is 0 Å². The van der Waals surface area contributed by atoms with Gasteiger partial charge in [-0.25, -0.2) is 8.78 Å². The second kappa shape index (κ2) is 6.23. The Labute approximate surface area is 114 Å². The van der Waals surface area contributed by atoms with Gasteiger partial charge in [-0.05, 0) is 24.7 Å². The van der Waals surface area contributed by atoms with E-state index in [0.717, 1.165) is 24.7 Å². The van der Waals surface area contributed by atoms with Crippen molar-refractivity contribution in [3.63, 3.8) is 0 Å². The summed E-state index contributed by atoms with van der Waals surface area (Å²) in [6.07, 6.45) is 3.42. The fraction of sp³-hybridized carbons (Fsp3) is 0.462. The molecule has 0 aliphatic carbocycles. The van der Waals surface area contributed by atoms with E-state index in [9.17, 15) is 13.6 Å². The van der Waals surface area contributed by atoms with Crippen LogP contribution in [0.1, 0.15) is 29.6 Å². The van der Waals surface area contributed by atoms with E-state index in [-0.39, 0.29) is 11.3 Å². The van der Waals surface area contributed by atoms with E-state index in [2.05, 4.69) is 5.32 Å². The van der Waals surface area contributed by atoms with Crippen molar-refractivity contribution in [2.75, 3.05) is 18.0 Å². The molecule has 1 aliphatic rings. The van der Waals surface area contributed by atoms with Gasteiger partial charge in [0.15, 0.2) is 0 Å². The molecule has 1 saturated heterocycles. The summed E-state index contributed by atoms with van der Waals surface area (Å²) in [5.41, 5.74) is 4.91. The molecule has 1 unspecified atom stereocenters. The molecule has 1 aromatic rings. The summed E-state index contributed by atoms with van der Waals surface area (Å²) in [4.78, 5) is 11.8. The van der Waals surface area contributed by atoms with Crippen LogP contribution in [-0.4, -0.2) is 23.5 Å². The Hall–Kier alpha value is -1.30. The first kappa shape index (κ1) is 14.1. The van der Waals surface area contributed by atoms with Crippen LogP contribution >= 0.6 is 11.8 Å². The Balaban J connectivity index is 1.97. The number of rotatable bonds is 3. The second-order valence-corrected chi connectivity index (χ2v) is 5.96. The van der Waals surface area contributed by atoms with Crippen molar-refractivity contribution < 1.29 is 13.6 Å². The largest absolute Gasteiger partial charge is 0.396 e. The zero-order valence-corrected chi connectivity index (χ0v) is 11.2. The number of halogens is 2. The number of anilines is 1. The van der Waals surface area contributed by atoms with E-state index in [4.69, 9.17) is 5.73 Å². The molecule has 0 aromatic heterocycles. The van der Waals surface area contributed by atoms with Crippen molar-refractivity contribution in [3.05, 3.63) is 29.3 Å². The molecule has 1 amide bonds. The van der Waals surface area contributed by atoms with Crippen LogP contribution in [-0.2, 0) is 0 Å². The minimum atomic E-state index is -0.888. The second-order valence-electron chi connectivity index (χ2n) is 4.55. The van der Waals surface area contributed by atoms with Crippen molar-refractivity contribution in [1.29, 1.82) is 0 Å².